The normalized spacial score (nSPS) is 15.6. The van der Waals surface area contributed by atoms with Crippen LogP contribution in [0.2, 0.25) is 0 Å². The molecule has 0 aliphatic carbocycles. The second-order valence-corrected chi connectivity index (χ2v) is 7.12. The van der Waals surface area contributed by atoms with Gasteiger partial charge in [-0.05, 0) is 64.0 Å². The van der Waals surface area contributed by atoms with Crippen LogP contribution in [0, 0.1) is 0 Å². The van der Waals surface area contributed by atoms with Crippen molar-refractivity contribution in [3.63, 3.8) is 0 Å². The fraction of sp³-hybridized carbons (Fsp3) is 0.150. The molecule has 0 unspecified atom stereocenters. The fourth-order valence-electron chi connectivity index (χ4n) is 2.77. The summed E-state index contributed by atoms with van der Waals surface area (Å²) in [5.41, 5.74) is 1.82. The predicted octanol–water partition coefficient (Wildman–Crippen LogP) is 3.19. The van der Waals surface area contributed by atoms with Gasteiger partial charge in [-0.25, -0.2) is 9.69 Å². The summed E-state index contributed by atoms with van der Waals surface area (Å²) in [6, 6.07) is 11.1. The van der Waals surface area contributed by atoms with Gasteiger partial charge in [0, 0.05) is 18.6 Å². The molecule has 1 aliphatic heterocycles. The number of benzene rings is 2. The summed E-state index contributed by atoms with van der Waals surface area (Å²) in [5, 5.41) is 2.21. The van der Waals surface area contributed by atoms with Crippen LogP contribution in [0.5, 0.6) is 5.75 Å². The van der Waals surface area contributed by atoms with Crippen molar-refractivity contribution in [2.24, 2.45) is 0 Å². The standard InChI is InChI=1S/C20H18BrN3O4/c1-23(2)17-9-4-12(11-16(17)21)10-15-18(25)22-20(27)24(19(15)26)13-5-7-14(28-3)8-6-13/h4-11H,1-3H3,(H,22,25,27). The van der Waals surface area contributed by atoms with Gasteiger partial charge in [0.1, 0.15) is 11.3 Å². The molecule has 0 aromatic heterocycles. The zero-order chi connectivity index (χ0) is 20.4. The van der Waals surface area contributed by atoms with Crippen LogP contribution in [0.15, 0.2) is 52.5 Å². The number of nitrogens with zero attached hydrogens (tertiary/aromatic N) is 2. The molecule has 1 heterocycles. The fourth-order valence-corrected chi connectivity index (χ4v) is 3.52. The van der Waals surface area contributed by atoms with Gasteiger partial charge in [-0.15, -0.1) is 0 Å². The van der Waals surface area contributed by atoms with E-state index < -0.39 is 17.8 Å². The van der Waals surface area contributed by atoms with E-state index >= 15 is 0 Å². The lowest BCUT2D eigenvalue weighted by Gasteiger charge is -2.26. The van der Waals surface area contributed by atoms with Crippen LogP contribution >= 0.6 is 15.9 Å². The maximum Gasteiger partial charge on any atom is 0.335 e. The summed E-state index contributed by atoms with van der Waals surface area (Å²) >= 11 is 3.48. The van der Waals surface area contributed by atoms with Crippen LogP contribution < -0.4 is 19.9 Å². The van der Waals surface area contributed by atoms with E-state index in [-0.39, 0.29) is 5.57 Å². The summed E-state index contributed by atoms with van der Waals surface area (Å²) in [6.07, 6.45) is 1.46. The molecule has 8 heteroatoms. The number of rotatable bonds is 4. The molecule has 0 atom stereocenters. The molecule has 0 bridgehead atoms. The van der Waals surface area contributed by atoms with Crippen LogP contribution in [0.25, 0.3) is 6.08 Å². The number of hydrogen-bond donors (Lipinski definition) is 1. The Bertz CT molecular complexity index is 983. The van der Waals surface area contributed by atoms with E-state index in [0.717, 1.165) is 15.1 Å². The average molecular weight is 444 g/mol. The van der Waals surface area contributed by atoms with E-state index in [1.54, 1.807) is 36.4 Å². The molecule has 2 aromatic rings. The average Bonchev–Trinajstić information content (AvgIpc) is 2.65. The first kappa shape index (κ1) is 19.6. The number of anilines is 2. The van der Waals surface area contributed by atoms with Crippen LogP contribution in [0.3, 0.4) is 0 Å². The summed E-state index contributed by atoms with van der Waals surface area (Å²) in [7, 11) is 5.34. The van der Waals surface area contributed by atoms with E-state index in [9.17, 15) is 14.4 Å². The Morgan fingerprint density at radius 3 is 2.32 bits per heavy atom. The highest BCUT2D eigenvalue weighted by atomic mass is 79.9. The number of amides is 4. The van der Waals surface area contributed by atoms with E-state index in [2.05, 4.69) is 21.2 Å². The molecule has 2 aromatic carbocycles. The summed E-state index contributed by atoms with van der Waals surface area (Å²) in [4.78, 5) is 40.3. The lowest BCUT2D eigenvalue weighted by atomic mass is 10.1. The van der Waals surface area contributed by atoms with Crippen molar-refractivity contribution in [2.75, 3.05) is 31.0 Å². The molecule has 4 amide bonds. The topological polar surface area (TPSA) is 79.0 Å². The molecule has 28 heavy (non-hydrogen) atoms. The van der Waals surface area contributed by atoms with Crippen LogP contribution in [0.1, 0.15) is 5.56 Å². The first-order valence-electron chi connectivity index (χ1n) is 8.34. The second-order valence-electron chi connectivity index (χ2n) is 6.26. The second kappa shape index (κ2) is 7.85. The van der Waals surface area contributed by atoms with Crippen LogP contribution in [-0.4, -0.2) is 39.1 Å². The maximum absolute atomic E-state index is 12.9. The molecule has 0 saturated carbocycles. The largest absolute Gasteiger partial charge is 0.497 e. The minimum atomic E-state index is -0.790. The molecule has 1 aliphatic rings. The third-order valence-electron chi connectivity index (χ3n) is 4.20. The van der Waals surface area contributed by atoms with Gasteiger partial charge in [0.25, 0.3) is 11.8 Å². The Balaban J connectivity index is 1.97. The van der Waals surface area contributed by atoms with Gasteiger partial charge < -0.3 is 9.64 Å². The SMILES string of the molecule is COc1ccc(N2C(=O)NC(=O)C(=Cc3ccc(N(C)C)c(Br)c3)C2=O)cc1. The number of methoxy groups -OCH3 is 1. The van der Waals surface area contributed by atoms with Gasteiger partial charge in [0.2, 0.25) is 0 Å². The number of imide groups is 2. The highest BCUT2D eigenvalue weighted by molar-refractivity contribution is 9.10. The van der Waals surface area contributed by atoms with E-state index in [4.69, 9.17) is 4.74 Å². The van der Waals surface area contributed by atoms with Gasteiger partial charge in [0.05, 0.1) is 18.5 Å². The Hall–Kier alpha value is -3.13. The lowest BCUT2D eigenvalue weighted by molar-refractivity contribution is -0.122. The number of nitrogens with one attached hydrogen (secondary N) is 1. The maximum atomic E-state index is 12.9. The zero-order valence-corrected chi connectivity index (χ0v) is 17.1. The van der Waals surface area contributed by atoms with E-state index in [0.29, 0.717) is 17.0 Å². The van der Waals surface area contributed by atoms with Crippen molar-refractivity contribution in [3.8, 4) is 5.75 Å². The highest BCUT2D eigenvalue weighted by Gasteiger charge is 2.36. The van der Waals surface area contributed by atoms with Crippen molar-refractivity contribution in [3.05, 3.63) is 58.1 Å². The number of barbiturate groups is 1. The lowest BCUT2D eigenvalue weighted by Crippen LogP contribution is -2.54. The summed E-state index contributed by atoms with van der Waals surface area (Å²) in [6.45, 7) is 0. The van der Waals surface area contributed by atoms with Crippen LogP contribution in [-0.2, 0) is 9.59 Å². The summed E-state index contributed by atoms with van der Waals surface area (Å²) < 4.78 is 5.91. The molecule has 0 spiro atoms. The van der Waals surface area contributed by atoms with Crippen molar-refractivity contribution >= 4 is 51.2 Å². The highest BCUT2D eigenvalue weighted by Crippen LogP contribution is 2.28. The molecule has 1 saturated heterocycles. The van der Waals surface area contributed by atoms with Gasteiger partial charge >= 0.3 is 6.03 Å². The van der Waals surface area contributed by atoms with E-state index in [1.165, 1.54) is 13.2 Å². The number of carbonyl (C=O) groups excluding carboxylic acids is 3. The number of urea groups is 1. The zero-order valence-electron chi connectivity index (χ0n) is 15.5. The minimum Gasteiger partial charge on any atom is -0.497 e. The third-order valence-corrected chi connectivity index (χ3v) is 4.83. The monoisotopic (exact) mass is 443 g/mol. The Morgan fingerprint density at radius 2 is 1.75 bits per heavy atom. The molecular formula is C20H18BrN3O4. The third kappa shape index (κ3) is 3.77. The van der Waals surface area contributed by atoms with Crippen molar-refractivity contribution in [1.82, 2.24) is 5.32 Å². The molecule has 1 N–H and O–H groups in total. The molecule has 3 rings (SSSR count). The first-order valence-corrected chi connectivity index (χ1v) is 9.13. The van der Waals surface area contributed by atoms with Gasteiger partial charge in [-0.1, -0.05) is 6.07 Å². The van der Waals surface area contributed by atoms with Gasteiger partial charge in [-0.3, -0.25) is 14.9 Å². The molecule has 1 fully saturated rings. The molecule has 0 radical (unpaired) electrons. The first-order chi connectivity index (χ1) is 13.3. The van der Waals surface area contributed by atoms with E-state index in [1.807, 2.05) is 25.1 Å². The van der Waals surface area contributed by atoms with Gasteiger partial charge in [-0.2, -0.15) is 0 Å². The van der Waals surface area contributed by atoms with Crippen molar-refractivity contribution in [2.45, 2.75) is 0 Å². The number of halogens is 1. The summed E-state index contributed by atoms with van der Waals surface area (Å²) in [5.74, 6) is -0.828. The predicted molar refractivity (Wildman–Crippen MR) is 110 cm³/mol. The quantitative estimate of drug-likeness (QED) is 0.579. The van der Waals surface area contributed by atoms with Gasteiger partial charge in [0.15, 0.2) is 0 Å². The number of ether oxygens (including phenoxy) is 1. The Morgan fingerprint density at radius 1 is 1.07 bits per heavy atom. The van der Waals surface area contributed by atoms with Crippen molar-refractivity contribution < 1.29 is 19.1 Å². The number of hydrogen-bond acceptors (Lipinski definition) is 5. The molecule has 7 nitrogen and oxygen atoms in total. The number of carbonyl (C=O) groups is 3. The van der Waals surface area contributed by atoms with Crippen molar-refractivity contribution in [1.29, 1.82) is 0 Å². The Labute approximate surface area is 170 Å². The smallest absolute Gasteiger partial charge is 0.335 e. The molecule has 144 valence electrons. The Kier molecular flexibility index (Phi) is 5.51. The minimum absolute atomic E-state index is 0.125. The molecular weight excluding hydrogens is 426 g/mol. The van der Waals surface area contributed by atoms with Crippen LogP contribution in [0.4, 0.5) is 16.2 Å².